The van der Waals surface area contributed by atoms with Crippen LogP contribution in [0.1, 0.15) is 49.9 Å². The SMILES string of the molecule is C=C(C)COCC(O)Cc1ccc(C(C)(C)c2ccc(CC(O)COCC(=C)C)cc2)cc1. The minimum Gasteiger partial charge on any atom is -0.390 e. The van der Waals surface area contributed by atoms with E-state index in [9.17, 15) is 10.2 Å². The van der Waals surface area contributed by atoms with Crippen LogP contribution in [-0.2, 0) is 27.7 Å². The Morgan fingerprint density at radius 1 is 0.727 bits per heavy atom. The predicted molar refractivity (Wildman–Crippen MR) is 136 cm³/mol. The Morgan fingerprint density at radius 3 is 1.36 bits per heavy atom. The van der Waals surface area contributed by atoms with Crippen molar-refractivity contribution in [3.05, 3.63) is 95.1 Å². The first-order valence-corrected chi connectivity index (χ1v) is 11.6. The first kappa shape index (κ1) is 27.0. The molecule has 0 saturated heterocycles. The van der Waals surface area contributed by atoms with E-state index >= 15 is 0 Å². The Labute approximate surface area is 199 Å². The number of hydrogen-bond donors (Lipinski definition) is 2. The van der Waals surface area contributed by atoms with Crippen molar-refractivity contribution in [1.29, 1.82) is 0 Å². The first-order valence-electron chi connectivity index (χ1n) is 11.6. The van der Waals surface area contributed by atoms with Crippen molar-refractivity contribution in [3.63, 3.8) is 0 Å². The Morgan fingerprint density at radius 2 is 1.06 bits per heavy atom. The minimum atomic E-state index is -0.530. The summed E-state index contributed by atoms with van der Waals surface area (Å²) >= 11 is 0. The number of hydrogen-bond acceptors (Lipinski definition) is 4. The molecule has 0 saturated carbocycles. The summed E-state index contributed by atoms with van der Waals surface area (Å²) in [5.41, 5.74) is 6.32. The van der Waals surface area contributed by atoms with Gasteiger partial charge in [-0.15, -0.1) is 0 Å². The average molecular weight is 453 g/mol. The van der Waals surface area contributed by atoms with E-state index in [4.69, 9.17) is 9.47 Å². The second-order valence-electron chi connectivity index (χ2n) is 9.68. The second-order valence-corrected chi connectivity index (χ2v) is 9.68. The lowest BCUT2D eigenvalue weighted by Crippen LogP contribution is -2.21. The van der Waals surface area contributed by atoms with Crippen molar-refractivity contribution in [2.75, 3.05) is 26.4 Å². The molecule has 0 bridgehead atoms. The third kappa shape index (κ3) is 9.26. The van der Waals surface area contributed by atoms with Crippen molar-refractivity contribution in [2.24, 2.45) is 0 Å². The Kier molecular flexibility index (Phi) is 10.5. The van der Waals surface area contributed by atoms with E-state index in [0.29, 0.717) is 39.3 Å². The molecule has 4 nitrogen and oxygen atoms in total. The van der Waals surface area contributed by atoms with Gasteiger partial charge in [-0.25, -0.2) is 0 Å². The smallest absolute Gasteiger partial charge is 0.0814 e. The second kappa shape index (κ2) is 12.9. The van der Waals surface area contributed by atoms with Crippen LogP contribution in [0.5, 0.6) is 0 Å². The Bertz CT molecular complexity index is 807. The van der Waals surface area contributed by atoms with Crippen molar-refractivity contribution in [2.45, 2.75) is 58.2 Å². The topological polar surface area (TPSA) is 58.9 Å². The molecule has 2 atom stereocenters. The van der Waals surface area contributed by atoms with Crippen molar-refractivity contribution in [3.8, 4) is 0 Å². The lowest BCUT2D eigenvalue weighted by Gasteiger charge is -2.27. The Balaban J connectivity index is 1.94. The van der Waals surface area contributed by atoms with Crippen LogP contribution in [0, 0.1) is 0 Å². The van der Waals surface area contributed by atoms with Gasteiger partial charge in [0.15, 0.2) is 0 Å². The lowest BCUT2D eigenvalue weighted by atomic mass is 9.77. The van der Waals surface area contributed by atoms with Crippen molar-refractivity contribution < 1.29 is 19.7 Å². The molecule has 0 aromatic heterocycles. The third-order valence-electron chi connectivity index (χ3n) is 5.61. The van der Waals surface area contributed by atoms with E-state index in [-0.39, 0.29) is 5.41 Å². The van der Waals surface area contributed by atoms with Crippen LogP contribution in [0.25, 0.3) is 0 Å². The quantitative estimate of drug-likeness (QED) is 0.396. The number of aliphatic hydroxyl groups is 2. The van der Waals surface area contributed by atoms with Gasteiger partial charge in [0.1, 0.15) is 0 Å². The molecule has 0 radical (unpaired) electrons. The lowest BCUT2D eigenvalue weighted by molar-refractivity contribution is 0.0471. The van der Waals surface area contributed by atoms with Gasteiger partial charge in [-0.2, -0.15) is 0 Å². The molecule has 0 aliphatic rings. The van der Waals surface area contributed by atoms with Crippen LogP contribution in [0.4, 0.5) is 0 Å². The summed E-state index contributed by atoms with van der Waals surface area (Å²) in [5.74, 6) is 0. The highest BCUT2D eigenvalue weighted by Gasteiger charge is 2.23. The Hall–Kier alpha value is -2.24. The highest BCUT2D eigenvalue weighted by molar-refractivity contribution is 5.40. The van der Waals surface area contributed by atoms with Gasteiger partial charge in [-0.3, -0.25) is 0 Å². The largest absolute Gasteiger partial charge is 0.390 e. The van der Waals surface area contributed by atoms with Crippen LogP contribution in [0.3, 0.4) is 0 Å². The molecule has 0 aliphatic carbocycles. The van der Waals surface area contributed by atoms with E-state index in [2.05, 4.69) is 75.5 Å². The summed E-state index contributed by atoms with van der Waals surface area (Å²) in [6, 6.07) is 16.8. The summed E-state index contributed by atoms with van der Waals surface area (Å²) in [6.07, 6.45) is 0.0585. The molecule has 0 fully saturated rings. The summed E-state index contributed by atoms with van der Waals surface area (Å²) in [7, 11) is 0. The average Bonchev–Trinajstić information content (AvgIpc) is 2.74. The molecule has 2 N–H and O–H groups in total. The van der Waals surface area contributed by atoms with E-state index in [0.717, 1.165) is 22.3 Å². The van der Waals surface area contributed by atoms with E-state index in [1.165, 1.54) is 11.1 Å². The van der Waals surface area contributed by atoms with Gasteiger partial charge in [0, 0.05) is 18.3 Å². The fourth-order valence-electron chi connectivity index (χ4n) is 3.68. The molecular formula is C29H40O4. The minimum absolute atomic E-state index is 0.163. The van der Waals surface area contributed by atoms with Gasteiger partial charge in [0.25, 0.3) is 0 Å². The van der Waals surface area contributed by atoms with Gasteiger partial charge in [0.2, 0.25) is 0 Å². The van der Waals surface area contributed by atoms with Crippen LogP contribution >= 0.6 is 0 Å². The highest BCUT2D eigenvalue weighted by atomic mass is 16.5. The summed E-state index contributed by atoms with van der Waals surface area (Å²) < 4.78 is 10.9. The zero-order valence-electron chi connectivity index (χ0n) is 20.6. The van der Waals surface area contributed by atoms with E-state index in [1.54, 1.807) is 0 Å². The fourth-order valence-corrected chi connectivity index (χ4v) is 3.68. The molecule has 0 aliphatic heterocycles. The maximum atomic E-state index is 10.2. The molecule has 0 spiro atoms. The number of ether oxygens (including phenoxy) is 2. The van der Waals surface area contributed by atoms with E-state index in [1.807, 2.05) is 13.8 Å². The summed E-state index contributed by atoms with van der Waals surface area (Å²) in [5, 5.41) is 20.4. The number of aliphatic hydroxyl groups excluding tert-OH is 2. The molecule has 33 heavy (non-hydrogen) atoms. The molecule has 2 aromatic rings. The van der Waals surface area contributed by atoms with E-state index < -0.39 is 12.2 Å². The van der Waals surface area contributed by atoms with Crippen LogP contribution in [-0.4, -0.2) is 48.8 Å². The van der Waals surface area contributed by atoms with Gasteiger partial charge in [-0.1, -0.05) is 86.7 Å². The number of benzene rings is 2. The van der Waals surface area contributed by atoms with Gasteiger partial charge in [-0.05, 0) is 36.1 Å². The molecule has 2 rings (SSSR count). The zero-order valence-corrected chi connectivity index (χ0v) is 20.6. The monoisotopic (exact) mass is 452 g/mol. The van der Waals surface area contributed by atoms with Crippen LogP contribution in [0.2, 0.25) is 0 Å². The van der Waals surface area contributed by atoms with Gasteiger partial charge < -0.3 is 19.7 Å². The molecule has 0 amide bonds. The molecule has 2 aromatic carbocycles. The van der Waals surface area contributed by atoms with Crippen molar-refractivity contribution in [1.82, 2.24) is 0 Å². The molecular weight excluding hydrogens is 412 g/mol. The zero-order chi connectivity index (χ0) is 24.4. The number of rotatable bonds is 14. The maximum Gasteiger partial charge on any atom is 0.0814 e. The normalized spacial score (nSPS) is 13.5. The molecule has 0 heterocycles. The fraction of sp³-hybridized carbons (Fsp3) is 0.448. The summed E-state index contributed by atoms with van der Waals surface area (Å²) in [4.78, 5) is 0. The highest BCUT2D eigenvalue weighted by Crippen LogP contribution is 2.32. The van der Waals surface area contributed by atoms with Crippen molar-refractivity contribution >= 4 is 0 Å². The van der Waals surface area contributed by atoms with Crippen LogP contribution < -0.4 is 0 Å². The standard InChI is InChI=1S/C29H40O4/c1-21(2)17-32-19-27(30)15-23-7-11-25(12-8-23)29(5,6)26-13-9-24(10-14-26)16-28(31)20-33-18-22(3)4/h7-14,27-28,30-31H,1,3,15-20H2,2,4-6H3. The molecule has 2 unspecified atom stereocenters. The van der Waals surface area contributed by atoms with Gasteiger partial charge >= 0.3 is 0 Å². The maximum absolute atomic E-state index is 10.2. The van der Waals surface area contributed by atoms with Crippen LogP contribution in [0.15, 0.2) is 72.8 Å². The molecule has 180 valence electrons. The first-order chi connectivity index (χ1) is 15.6. The van der Waals surface area contributed by atoms with Gasteiger partial charge in [0.05, 0.1) is 38.6 Å². The third-order valence-corrected chi connectivity index (χ3v) is 5.61. The predicted octanol–water partition coefficient (Wildman–Crippen LogP) is 5.00. The summed E-state index contributed by atoms with van der Waals surface area (Å²) in [6.45, 7) is 17.4. The molecule has 4 heteroatoms.